The number of aromatic nitrogens is 4. The molecule has 3 fully saturated rings. The van der Waals surface area contributed by atoms with Crippen LogP contribution in [0.5, 0.6) is 0 Å². The highest BCUT2D eigenvalue weighted by molar-refractivity contribution is 7.77. The predicted octanol–water partition coefficient (Wildman–Crippen LogP) is 14.3. The summed E-state index contributed by atoms with van der Waals surface area (Å²) in [6, 6.07) is 8.31. The lowest BCUT2D eigenvalue weighted by molar-refractivity contribution is 0.217. The molecule has 9 nitrogen and oxygen atoms in total. The summed E-state index contributed by atoms with van der Waals surface area (Å²) in [5, 5.41) is 9.66. The zero-order valence-electron chi connectivity index (χ0n) is 39.0. The molecule has 3 aliphatic rings. The molecule has 0 spiro atoms. The molecule has 1 aliphatic carbocycles. The van der Waals surface area contributed by atoms with Gasteiger partial charge in [0.25, 0.3) is 0 Å². The fourth-order valence-corrected chi connectivity index (χ4v) is 7.22. The Morgan fingerprint density at radius 2 is 1.52 bits per heavy atom. The van der Waals surface area contributed by atoms with Crippen molar-refractivity contribution >= 4 is 71.4 Å². The van der Waals surface area contributed by atoms with E-state index in [0.717, 1.165) is 99.0 Å². The Morgan fingerprint density at radius 1 is 0.921 bits per heavy atom. The maximum absolute atomic E-state index is 6.55. The smallest absolute Gasteiger partial charge is 0.223 e. The predicted molar refractivity (Wildman–Crippen MR) is 282 cm³/mol. The zero-order valence-corrected chi connectivity index (χ0v) is 42.9. The van der Waals surface area contributed by atoms with E-state index in [1.165, 1.54) is 32.1 Å². The largest absolute Gasteiger partial charge is 0.372 e. The number of piperidine rings is 2. The molecule has 0 unspecified atom stereocenters. The van der Waals surface area contributed by atoms with E-state index >= 15 is 0 Å². The molecule has 2 aromatic heterocycles. The number of rotatable bonds is 13. The van der Waals surface area contributed by atoms with Crippen LogP contribution in [0.3, 0.4) is 0 Å². The molecule has 3 N–H and O–H groups in total. The van der Waals surface area contributed by atoms with Crippen LogP contribution in [0.1, 0.15) is 111 Å². The van der Waals surface area contributed by atoms with Gasteiger partial charge in [0.2, 0.25) is 5.95 Å². The van der Waals surface area contributed by atoms with Crippen LogP contribution in [0.2, 0.25) is 10.0 Å². The van der Waals surface area contributed by atoms with Crippen LogP contribution in [-0.2, 0) is 6.54 Å². The lowest BCUT2D eigenvalue weighted by Gasteiger charge is -2.34. The monoisotopic (exact) mass is 961 g/mol. The molecule has 3 aromatic rings. The highest BCUT2D eigenvalue weighted by Gasteiger charge is 2.30. The summed E-state index contributed by atoms with van der Waals surface area (Å²) in [5.74, 6) is 2.87. The van der Waals surface area contributed by atoms with Crippen LogP contribution in [-0.4, -0.2) is 81.8 Å². The number of anilines is 1. The van der Waals surface area contributed by atoms with Crippen LogP contribution in [0.15, 0.2) is 95.8 Å². The lowest BCUT2D eigenvalue weighted by Crippen LogP contribution is -2.33. The summed E-state index contributed by atoms with van der Waals surface area (Å²) < 4.78 is 2.48. The minimum Gasteiger partial charge on any atom is -0.372 e. The number of nitrogens with one attached hydrogen (secondary N) is 1. The first kappa shape index (κ1) is 57.9. The van der Waals surface area contributed by atoms with Crippen LogP contribution in [0, 0.1) is 5.92 Å². The first-order valence-corrected chi connectivity index (χ1v) is 24.1. The Kier molecular flexibility index (Phi) is 30.7. The Labute approximate surface area is 406 Å². The second-order valence-corrected chi connectivity index (χ2v) is 17.1. The molecule has 0 atom stereocenters. The maximum Gasteiger partial charge on any atom is 0.223 e. The number of halogens is 4. The van der Waals surface area contributed by atoms with E-state index in [1.807, 2.05) is 50.4 Å². The average Bonchev–Trinajstić information content (AvgIpc) is 4.04. The van der Waals surface area contributed by atoms with Crippen LogP contribution in [0.4, 0.5) is 5.95 Å². The van der Waals surface area contributed by atoms with E-state index in [1.54, 1.807) is 32.3 Å². The molecule has 0 radical (unpaired) electrons. The summed E-state index contributed by atoms with van der Waals surface area (Å²) in [6.07, 6.45) is 20.9. The van der Waals surface area contributed by atoms with Crippen molar-refractivity contribution in [1.82, 2.24) is 29.3 Å². The Morgan fingerprint density at radius 3 is 1.98 bits per heavy atom. The van der Waals surface area contributed by atoms with Gasteiger partial charge in [-0.2, -0.15) is 0 Å². The number of imidazole rings is 1. The maximum atomic E-state index is 6.55. The highest BCUT2D eigenvalue weighted by atomic mass is 35.5. The number of unbranched alkanes of at least 4 members (excludes halogenated alkanes) is 2. The second kappa shape index (κ2) is 33.4. The van der Waals surface area contributed by atoms with Crippen molar-refractivity contribution in [3.05, 3.63) is 107 Å². The van der Waals surface area contributed by atoms with Gasteiger partial charge in [0, 0.05) is 56.1 Å². The number of nitrogens with two attached hydrogens (primary N) is 1. The van der Waals surface area contributed by atoms with E-state index in [0.29, 0.717) is 43.9 Å². The molecule has 4 heterocycles. The Hall–Kier alpha value is -3.09. The summed E-state index contributed by atoms with van der Waals surface area (Å²) >= 11 is 26.7. The van der Waals surface area contributed by atoms with Gasteiger partial charge < -0.3 is 24.7 Å². The average molecular weight is 964 g/mol. The van der Waals surface area contributed by atoms with Crippen molar-refractivity contribution in [2.45, 2.75) is 117 Å². The number of nitrogens with zero attached hydrogens (tertiary/aromatic N) is 7. The molecule has 2 aliphatic heterocycles. The van der Waals surface area contributed by atoms with Crippen molar-refractivity contribution < 1.29 is 0 Å². The van der Waals surface area contributed by atoms with Gasteiger partial charge >= 0.3 is 0 Å². The third kappa shape index (κ3) is 21.2. The molecule has 0 amide bonds. The van der Waals surface area contributed by atoms with Gasteiger partial charge in [-0.1, -0.05) is 117 Å². The molecule has 14 heteroatoms. The number of hydrogen-bond donors (Lipinski definition) is 3. The first-order chi connectivity index (χ1) is 30.3. The van der Waals surface area contributed by atoms with Gasteiger partial charge in [-0.3, -0.25) is 5.14 Å². The summed E-state index contributed by atoms with van der Waals surface area (Å²) in [7, 11) is 3.96. The normalized spacial score (nSPS) is 15.4. The molecule has 350 valence electrons. The van der Waals surface area contributed by atoms with Crippen LogP contribution in [0.25, 0.3) is 22.6 Å². The highest BCUT2D eigenvalue weighted by Crippen LogP contribution is 2.40. The molecule has 1 aromatic carbocycles. The number of aliphatic imine (C=N–C) groups is 1. The fraction of sp³-hybridized carbons (Fsp3) is 0.510. The van der Waals surface area contributed by atoms with Gasteiger partial charge in [0.1, 0.15) is 5.82 Å². The van der Waals surface area contributed by atoms with Gasteiger partial charge in [-0.15, -0.1) is 19.4 Å². The van der Waals surface area contributed by atoms with Gasteiger partial charge in [-0.25, -0.2) is 15.0 Å². The van der Waals surface area contributed by atoms with E-state index < -0.39 is 0 Å². The number of thiol groups is 1. The molecular formula is C49H75Cl4N9S. The SMILES string of the molecule is C=C(Cl)/C(Cl)=C\C.C=CC.C=CC(=C)N1CCC(CCn2c(C3CCN(C)CC3)nc(-c3ccc(Cl)c(Cl)c3)c2-c2ccnc(NC3CC3)n2)CC1.CC=NC.CCCCC.NS. The van der Waals surface area contributed by atoms with Crippen molar-refractivity contribution in [2.24, 2.45) is 16.0 Å². The van der Waals surface area contributed by atoms with Gasteiger partial charge in [0.05, 0.1) is 37.2 Å². The molecule has 0 bridgehead atoms. The van der Waals surface area contributed by atoms with Crippen molar-refractivity contribution in [1.29, 1.82) is 0 Å². The van der Waals surface area contributed by atoms with E-state index in [9.17, 15) is 0 Å². The number of likely N-dealkylation sites (tertiary alicyclic amines) is 2. The molecule has 6 rings (SSSR count). The number of allylic oxidation sites excluding steroid dienone is 5. The van der Waals surface area contributed by atoms with Gasteiger partial charge in [0.15, 0.2) is 0 Å². The van der Waals surface area contributed by atoms with Crippen LogP contribution >= 0.6 is 59.2 Å². The lowest BCUT2D eigenvalue weighted by atomic mass is 9.92. The Bertz CT molecular complexity index is 1850. The van der Waals surface area contributed by atoms with E-state index in [4.69, 9.17) is 56.4 Å². The third-order valence-electron chi connectivity index (χ3n) is 10.6. The van der Waals surface area contributed by atoms with Crippen LogP contribution < -0.4 is 10.5 Å². The van der Waals surface area contributed by atoms with Gasteiger partial charge in [-0.05, 0) is 122 Å². The summed E-state index contributed by atoms with van der Waals surface area (Å²) in [6.45, 7) is 29.9. The zero-order chi connectivity index (χ0) is 47.3. The number of hydrogen-bond acceptors (Lipinski definition) is 9. The number of benzene rings is 1. The van der Waals surface area contributed by atoms with E-state index in [-0.39, 0.29) is 0 Å². The Balaban J connectivity index is 0.000000792. The fourth-order valence-electron chi connectivity index (χ4n) is 6.81. The quantitative estimate of drug-likeness (QED) is 0.0679. The standard InChI is InChI=1S/C33H41Cl2N7.C5H6Cl2.C5H12.C3H7N.C3H6.H3NS/c1-4-22(2)41-18-10-23(11-19-41)12-20-42-31(29-9-15-36-33(38-29)37-26-6-7-26)30(25-5-8-27(34)28(35)21-25)39-32(42)24-13-16-40(3)17-14-24;1-3-5(7)4(2)6;1-3-5-4-2;1-3-4-2;1-3-2;1-2/h4-5,8-9,15,21,23-24,26H,1-2,6-7,10-14,16-20H2,3H3,(H,36,37,38);3H,2H2,1H3;3-5H2,1-2H3;3H,1-2H3;3H,1H2,2H3;2H,1H2/b;5-3+;;;;. The van der Waals surface area contributed by atoms with E-state index in [2.05, 4.69) is 94.8 Å². The first-order valence-electron chi connectivity index (χ1n) is 22.1. The summed E-state index contributed by atoms with van der Waals surface area (Å²) in [4.78, 5) is 23.4. The molecule has 63 heavy (non-hydrogen) atoms. The molecule has 2 saturated heterocycles. The third-order valence-corrected chi connectivity index (χ3v) is 12.1. The molecule has 1 saturated carbocycles. The molecular weight excluding hydrogens is 888 g/mol. The minimum atomic E-state index is 0.389. The van der Waals surface area contributed by atoms with Crippen molar-refractivity contribution in [3.63, 3.8) is 0 Å². The summed E-state index contributed by atoms with van der Waals surface area (Å²) in [5.41, 5.74) is 4.83. The minimum absolute atomic E-state index is 0.389. The second-order valence-electron chi connectivity index (χ2n) is 15.4. The van der Waals surface area contributed by atoms with Crippen molar-refractivity contribution in [3.8, 4) is 22.6 Å². The topological polar surface area (TPSA) is 100 Å². The van der Waals surface area contributed by atoms with Crippen molar-refractivity contribution in [2.75, 3.05) is 45.6 Å².